The third-order valence-electron chi connectivity index (χ3n) is 11.7. The molecule has 4 heterocycles. The molecular weight excluding hydrogens is 646 g/mol. The Hall–Kier alpha value is -2.96. The first kappa shape index (κ1) is 35.8. The molecule has 0 amide bonds. The van der Waals surface area contributed by atoms with Gasteiger partial charge in [0.2, 0.25) is 6.79 Å². The van der Waals surface area contributed by atoms with Crippen LogP contribution in [0.15, 0.2) is 28.7 Å². The van der Waals surface area contributed by atoms with Gasteiger partial charge in [-0.3, -0.25) is 14.6 Å². The zero-order valence-electron chi connectivity index (χ0n) is 30.5. The quantitative estimate of drug-likeness (QED) is 0.214. The lowest BCUT2D eigenvalue weighted by atomic mass is 9.65. The maximum absolute atomic E-state index is 14.3. The molecule has 13 heteroatoms. The van der Waals surface area contributed by atoms with Gasteiger partial charge in [0, 0.05) is 42.3 Å². The highest BCUT2D eigenvalue weighted by molar-refractivity contribution is 6.74. The lowest BCUT2D eigenvalue weighted by Gasteiger charge is -2.62. The Kier molecular flexibility index (Phi) is 9.49. The summed E-state index contributed by atoms with van der Waals surface area (Å²) in [5.74, 6) is 1.49. The van der Waals surface area contributed by atoms with Crippen LogP contribution < -0.4 is 9.47 Å². The summed E-state index contributed by atoms with van der Waals surface area (Å²) in [5.41, 5.74) is 1.72. The van der Waals surface area contributed by atoms with Crippen LogP contribution in [0.5, 0.6) is 11.5 Å². The van der Waals surface area contributed by atoms with E-state index in [4.69, 9.17) is 32.8 Å². The molecule has 6 atom stereocenters. The molecule has 49 heavy (non-hydrogen) atoms. The Balaban J connectivity index is 1.54. The van der Waals surface area contributed by atoms with Crippen molar-refractivity contribution in [1.82, 2.24) is 9.80 Å². The number of methoxy groups -OCH3 is 2. The minimum absolute atomic E-state index is 0.0174. The second-order valence-electron chi connectivity index (χ2n) is 15.3. The number of Topliss-reactive ketones (excluding diaryl/α,β-unsaturated/α-hetero) is 1. The monoisotopic (exact) mass is 697 g/mol. The molecule has 0 saturated carbocycles. The molecule has 0 spiro atoms. The molecule has 2 unspecified atom stereocenters. The molecule has 1 aromatic carbocycles. The molecule has 2 bridgehead atoms. The highest BCUT2D eigenvalue weighted by atomic mass is 28.4. The van der Waals surface area contributed by atoms with E-state index < -0.39 is 37.8 Å². The number of aliphatic hydroxyl groups is 1. The van der Waals surface area contributed by atoms with Crippen molar-refractivity contribution in [2.45, 2.75) is 101 Å². The van der Waals surface area contributed by atoms with Gasteiger partial charge in [0.25, 0.3) is 0 Å². The van der Waals surface area contributed by atoms with Crippen molar-refractivity contribution in [1.29, 1.82) is 5.26 Å². The Morgan fingerprint density at radius 1 is 1.12 bits per heavy atom. The summed E-state index contributed by atoms with van der Waals surface area (Å²) in [4.78, 5) is 18.7. The summed E-state index contributed by atoms with van der Waals surface area (Å²) in [7, 11) is 2.93. The first-order valence-corrected chi connectivity index (χ1v) is 19.9. The number of rotatable bonds is 10. The third-order valence-corrected chi connectivity index (χ3v) is 16.2. The van der Waals surface area contributed by atoms with Crippen LogP contribution >= 0.6 is 0 Å². The maximum atomic E-state index is 14.3. The number of hydrogen-bond acceptors (Lipinski definition) is 12. The molecule has 5 aliphatic rings. The number of ketones is 1. The lowest BCUT2D eigenvalue weighted by Crippen LogP contribution is -2.74. The standard InChI is InChI=1S/C36H51N3O9Si/c1-20-13-22-14-23-25(16-37)39-24(29(38(23)6)27(22)32(30(20)43-8)45-18-44-12-11-42-7)15-36(41)28(26(39)17-48-49(9,10)35(3,4)5)33-31(46-19-47-33)21(2)34(36)40/h13,23-26,29,41H,11-12,14-15,17-19H2,1-10H3/t23-,24?,25-,26-,29-,36?/m0/s1. The van der Waals surface area contributed by atoms with E-state index >= 15 is 0 Å². The number of nitrogens with zero attached hydrogens (tertiary/aromatic N) is 3. The molecule has 1 aliphatic carbocycles. The highest BCUT2D eigenvalue weighted by Crippen LogP contribution is 2.57. The Labute approximate surface area is 290 Å². The molecule has 12 nitrogen and oxygen atoms in total. The maximum Gasteiger partial charge on any atom is 0.231 e. The minimum atomic E-state index is -2.33. The summed E-state index contributed by atoms with van der Waals surface area (Å²) in [6.07, 6.45) is 0.624. The Morgan fingerprint density at radius 2 is 1.84 bits per heavy atom. The Morgan fingerprint density at radius 3 is 2.49 bits per heavy atom. The summed E-state index contributed by atoms with van der Waals surface area (Å²) in [5, 5.41) is 23.6. The second-order valence-corrected chi connectivity index (χ2v) is 20.2. The molecule has 3 fully saturated rings. The number of benzene rings is 1. The van der Waals surface area contributed by atoms with Crippen LogP contribution in [0.3, 0.4) is 0 Å². The number of aryl methyl sites for hydroxylation is 1. The van der Waals surface area contributed by atoms with Crippen LogP contribution in [0.4, 0.5) is 0 Å². The number of fused-ring (bicyclic) bond motifs is 8. The highest BCUT2D eigenvalue weighted by Gasteiger charge is 2.64. The van der Waals surface area contributed by atoms with Gasteiger partial charge in [-0.25, -0.2) is 0 Å². The molecule has 268 valence electrons. The number of hydrogen-bond donors (Lipinski definition) is 1. The zero-order chi connectivity index (χ0) is 35.6. The molecule has 3 saturated heterocycles. The number of likely N-dealkylation sites (N-methyl/N-ethyl adjacent to an activating group) is 1. The lowest BCUT2D eigenvalue weighted by molar-refractivity contribution is -0.150. The van der Waals surface area contributed by atoms with Gasteiger partial charge in [0.15, 0.2) is 49.5 Å². The van der Waals surface area contributed by atoms with Crippen molar-refractivity contribution in [2.24, 2.45) is 0 Å². The normalized spacial score (nSPS) is 29.8. The summed E-state index contributed by atoms with van der Waals surface area (Å²) in [6, 6.07) is 2.49. The van der Waals surface area contributed by atoms with Gasteiger partial charge in [-0.05, 0) is 56.6 Å². The molecule has 6 rings (SSSR count). The van der Waals surface area contributed by atoms with Crippen molar-refractivity contribution in [3.63, 3.8) is 0 Å². The van der Waals surface area contributed by atoms with E-state index in [9.17, 15) is 15.2 Å². The van der Waals surface area contributed by atoms with Crippen LogP contribution in [0.1, 0.15) is 56.8 Å². The van der Waals surface area contributed by atoms with Crippen molar-refractivity contribution >= 4 is 14.1 Å². The Bertz CT molecular complexity index is 1610. The van der Waals surface area contributed by atoms with Crippen LogP contribution in [-0.2, 0) is 34.6 Å². The van der Waals surface area contributed by atoms with Gasteiger partial charge < -0.3 is 38.0 Å². The average molecular weight is 698 g/mol. The molecule has 1 aromatic rings. The van der Waals surface area contributed by atoms with Crippen molar-refractivity contribution in [3.05, 3.63) is 45.4 Å². The number of piperidine rings is 1. The second kappa shape index (κ2) is 13.0. The summed E-state index contributed by atoms with van der Waals surface area (Å²) < 4.78 is 42.0. The topological polar surface area (TPSA) is 132 Å². The SMILES string of the molecule is COCCOCOc1c(OC)c(C)cc2c1[C@@H]1C3CC4(O)C(=O)C(C)=C5OCOC5=C4[C@H](CO[Si](C)(C)C(C)(C)C)N3[C@@H](C#N)[C@H](C2)N1C. The van der Waals surface area contributed by atoms with Crippen molar-refractivity contribution < 1.29 is 42.7 Å². The largest absolute Gasteiger partial charge is 0.493 e. The van der Waals surface area contributed by atoms with Gasteiger partial charge in [-0.1, -0.05) is 26.8 Å². The molecule has 0 radical (unpaired) electrons. The van der Waals surface area contributed by atoms with E-state index in [1.54, 1.807) is 21.1 Å². The third kappa shape index (κ3) is 5.60. The van der Waals surface area contributed by atoms with Crippen LogP contribution in [0.25, 0.3) is 0 Å². The molecule has 4 aliphatic heterocycles. The van der Waals surface area contributed by atoms with Gasteiger partial charge >= 0.3 is 0 Å². The predicted octanol–water partition coefficient (Wildman–Crippen LogP) is 4.12. The van der Waals surface area contributed by atoms with Crippen LogP contribution in [-0.4, -0.2) is 113 Å². The summed E-state index contributed by atoms with van der Waals surface area (Å²) >= 11 is 0. The van der Waals surface area contributed by atoms with Gasteiger partial charge in [-0.2, -0.15) is 5.26 Å². The van der Waals surface area contributed by atoms with E-state index in [0.717, 1.165) is 16.7 Å². The van der Waals surface area contributed by atoms with E-state index in [1.807, 2.05) is 14.0 Å². The molecule has 1 N–H and O–H groups in total. The smallest absolute Gasteiger partial charge is 0.231 e. The van der Waals surface area contributed by atoms with Gasteiger partial charge in [0.05, 0.1) is 45.1 Å². The number of piperazine rings is 1. The van der Waals surface area contributed by atoms with Crippen LogP contribution in [0.2, 0.25) is 18.1 Å². The molecular formula is C36H51N3O9Si. The number of carbonyl (C=O) groups excluding carboxylic acids is 1. The number of carbonyl (C=O) groups is 1. The van der Waals surface area contributed by atoms with Gasteiger partial charge in [-0.15, -0.1) is 0 Å². The number of nitriles is 1. The van der Waals surface area contributed by atoms with Crippen molar-refractivity contribution in [2.75, 3.05) is 54.7 Å². The van der Waals surface area contributed by atoms with E-state index in [2.05, 4.69) is 55.8 Å². The fourth-order valence-corrected chi connectivity index (χ4v) is 9.23. The van der Waals surface area contributed by atoms with E-state index in [1.165, 1.54) is 0 Å². The predicted molar refractivity (Wildman–Crippen MR) is 182 cm³/mol. The van der Waals surface area contributed by atoms with Crippen LogP contribution in [0, 0.1) is 18.3 Å². The molecule has 0 aromatic heterocycles. The first-order valence-electron chi connectivity index (χ1n) is 17.0. The zero-order valence-corrected chi connectivity index (χ0v) is 31.5. The van der Waals surface area contributed by atoms with Gasteiger partial charge in [0.1, 0.15) is 6.04 Å². The first-order chi connectivity index (χ1) is 23.1. The average Bonchev–Trinajstić information content (AvgIpc) is 3.52. The van der Waals surface area contributed by atoms with E-state index in [-0.39, 0.29) is 43.7 Å². The van der Waals surface area contributed by atoms with Crippen molar-refractivity contribution in [3.8, 4) is 17.6 Å². The summed E-state index contributed by atoms with van der Waals surface area (Å²) in [6.45, 7) is 15.4. The number of ether oxygens (including phenoxy) is 6. The fourth-order valence-electron chi connectivity index (χ4n) is 8.22. The fraction of sp³-hybridized carbons (Fsp3) is 0.667. The minimum Gasteiger partial charge on any atom is -0.493 e. The van der Waals surface area contributed by atoms with E-state index in [0.29, 0.717) is 53.8 Å².